The molecule has 2 saturated heterocycles. The molecule has 164 valence electrons. The van der Waals surface area contributed by atoms with Crippen molar-refractivity contribution < 1.29 is 14.3 Å². The molecule has 4 rings (SSSR count). The highest BCUT2D eigenvalue weighted by Crippen LogP contribution is 2.26. The number of imide groups is 1. The fraction of sp³-hybridized carbons (Fsp3) is 0.478. The molecule has 1 atom stereocenters. The summed E-state index contributed by atoms with van der Waals surface area (Å²) in [7, 11) is 0. The number of aryl methyl sites for hydroxylation is 2. The van der Waals surface area contributed by atoms with Crippen LogP contribution in [0.15, 0.2) is 30.3 Å². The summed E-state index contributed by atoms with van der Waals surface area (Å²) in [5, 5.41) is 3.42. The van der Waals surface area contributed by atoms with Crippen molar-refractivity contribution in [2.24, 2.45) is 0 Å². The summed E-state index contributed by atoms with van der Waals surface area (Å²) in [6.07, 6.45) is 1.93. The first-order valence-electron chi connectivity index (χ1n) is 10.9. The zero-order chi connectivity index (χ0) is 22.0. The molecule has 8 heteroatoms. The molecule has 2 aliphatic rings. The molecule has 2 aliphatic heterocycles. The van der Waals surface area contributed by atoms with Crippen LogP contribution in [-0.4, -0.2) is 53.6 Å². The van der Waals surface area contributed by atoms with Crippen molar-refractivity contribution in [1.29, 1.82) is 0 Å². The number of amides is 2. The van der Waals surface area contributed by atoms with Crippen molar-refractivity contribution in [1.82, 2.24) is 15.3 Å². The maximum absolute atomic E-state index is 12.9. The lowest BCUT2D eigenvalue weighted by Crippen LogP contribution is -2.49. The predicted octanol–water partition coefficient (Wildman–Crippen LogP) is 2.38. The Labute approximate surface area is 182 Å². The van der Waals surface area contributed by atoms with Gasteiger partial charge < -0.3 is 15.0 Å². The molecule has 31 heavy (non-hydrogen) atoms. The monoisotopic (exact) mass is 423 g/mol. The number of hydrogen-bond donors (Lipinski definition) is 1. The number of carbonyl (C=O) groups is 2. The van der Waals surface area contributed by atoms with Crippen LogP contribution in [0.2, 0.25) is 0 Å². The summed E-state index contributed by atoms with van der Waals surface area (Å²) >= 11 is 0. The topological polar surface area (TPSA) is 87.7 Å². The van der Waals surface area contributed by atoms with Crippen molar-refractivity contribution in [2.45, 2.75) is 52.1 Å². The van der Waals surface area contributed by atoms with Crippen LogP contribution < -0.4 is 19.9 Å². The molecule has 1 aromatic heterocycles. The zero-order valence-corrected chi connectivity index (χ0v) is 18.3. The Kier molecular flexibility index (Phi) is 6.18. The highest BCUT2D eigenvalue weighted by atomic mass is 16.5. The van der Waals surface area contributed by atoms with Gasteiger partial charge in [-0.3, -0.25) is 9.59 Å². The van der Waals surface area contributed by atoms with Gasteiger partial charge in [-0.2, -0.15) is 0 Å². The summed E-state index contributed by atoms with van der Waals surface area (Å²) in [6.45, 7) is 8.07. The predicted molar refractivity (Wildman–Crippen MR) is 118 cm³/mol. The van der Waals surface area contributed by atoms with Crippen molar-refractivity contribution in [3.8, 4) is 5.75 Å². The largest absolute Gasteiger partial charge is 0.494 e. The van der Waals surface area contributed by atoms with Gasteiger partial charge in [-0.25, -0.2) is 14.9 Å². The molecule has 3 heterocycles. The number of benzene rings is 1. The van der Waals surface area contributed by atoms with Gasteiger partial charge in [-0.1, -0.05) is 0 Å². The third kappa shape index (κ3) is 4.69. The highest BCUT2D eigenvalue weighted by molar-refractivity contribution is 6.22. The molecular weight excluding hydrogens is 394 g/mol. The van der Waals surface area contributed by atoms with Gasteiger partial charge in [0.25, 0.3) is 5.91 Å². The average Bonchev–Trinajstić information content (AvgIpc) is 3.02. The minimum atomic E-state index is -0.479. The summed E-state index contributed by atoms with van der Waals surface area (Å²) in [5.74, 6) is 1.13. The van der Waals surface area contributed by atoms with E-state index in [0.717, 1.165) is 49.0 Å². The Morgan fingerprint density at radius 2 is 1.71 bits per heavy atom. The number of rotatable bonds is 6. The normalized spacial score (nSPS) is 19.9. The molecular formula is C23H29N5O3. The van der Waals surface area contributed by atoms with Crippen LogP contribution in [-0.2, 0) is 9.59 Å². The van der Waals surface area contributed by atoms with Crippen LogP contribution in [0.5, 0.6) is 5.75 Å². The van der Waals surface area contributed by atoms with Crippen LogP contribution in [0, 0.1) is 13.8 Å². The molecule has 0 bridgehead atoms. The minimum Gasteiger partial charge on any atom is -0.494 e. The maximum Gasteiger partial charge on any atom is 0.251 e. The van der Waals surface area contributed by atoms with Crippen molar-refractivity contribution >= 4 is 23.5 Å². The second kappa shape index (κ2) is 9.01. The minimum absolute atomic E-state index is 0.173. The van der Waals surface area contributed by atoms with E-state index in [-0.39, 0.29) is 24.3 Å². The summed E-state index contributed by atoms with van der Waals surface area (Å²) in [4.78, 5) is 38.1. The Balaban J connectivity index is 1.35. The number of carbonyl (C=O) groups excluding carboxylic acids is 2. The number of piperidine rings is 1. The molecule has 2 aromatic rings. The van der Waals surface area contributed by atoms with Crippen LogP contribution in [0.4, 0.5) is 11.6 Å². The maximum atomic E-state index is 12.9. The molecule has 0 radical (unpaired) electrons. The Morgan fingerprint density at radius 1 is 1.06 bits per heavy atom. The van der Waals surface area contributed by atoms with Gasteiger partial charge in [0.05, 0.1) is 24.8 Å². The molecule has 0 spiro atoms. The smallest absolute Gasteiger partial charge is 0.251 e. The molecule has 1 N–H and O–H groups in total. The van der Waals surface area contributed by atoms with Crippen LogP contribution in [0.1, 0.15) is 37.6 Å². The van der Waals surface area contributed by atoms with E-state index in [1.54, 1.807) is 24.3 Å². The van der Waals surface area contributed by atoms with Crippen LogP contribution >= 0.6 is 0 Å². The lowest BCUT2D eigenvalue weighted by atomic mass is 10.0. The number of nitrogens with zero attached hydrogens (tertiary/aromatic N) is 4. The van der Waals surface area contributed by atoms with E-state index in [9.17, 15) is 9.59 Å². The van der Waals surface area contributed by atoms with Gasteiger partial charge in [-0.15, -0.1) is 0 Å². The first-order chi connectivity index (χ1) is 14.9. The lowest BCUT2D eigenvalue weighted by molar-refractivity contribution is -0.121. The summed E-state index contributed by atoms with van der Waals surface area (Å²) in [6, 6.07) is 8.75. The van der Waals surface area contributed by atoms with Gasteiger partial charge >= 0.3 is 0 Å². The molecule has 2 fully saturated rings. The second-order valence-electron chi connectivity index (χ2n) is 8.13. The highest BCUT2D eigenvalue weighted by Gasteiger charge is 2.40. The molecule has 0 aliphatic carbocycles. The second-order valence-corrected chi connectivity index (χ2v) is 8.13. The third-order valence-corrected chi connectivity index (χ3v) is 5.74. The standard InChI is InChI=1S/C23H29N5O3/c1-4-31-19-7-5-18(6-8-19)28-21(29)14-20(22(28)30)26-17-9-11-27(12-10-17)23-24-15(2)13-16(3)25-23/h5-8,13,17,20,26H,4,9-12,14H2,1-3H3/t20-/m0/s1. The quantitative estimate of drug-likeness (QED) is 0.714. The van der Waals surface area contributed by atoms with Gasteiger partial charge in [0, 0.05) is 30.5 Å². The van der Waals surface area contributed by atoms with E-state index >= 15 is 0 Å². The van der Waals surface area contributed by atoms with E-state index in [0.29, 0.717) is 12.3 Å². The lowest BCUT2D eigenvalue weighted by Gasteiger charge is -2.33. The third-order valence-electron chi connectivity index (χ3n) is 5.74. The van der Waals surface area contributed by atoms with Gasteiger partial charge in [0.15, 0.2) is 0 Å². The van der Waals surface area contributed by atoms with Gasteiger partial charge in [0.2, 0.25) is 11.9 Å². The van der Waals surface area contributed by atoms with Crippen molar-refractivity contribution in [3.05, 3.63) is 41.7 Å². The Hall–Kier alpha value is -3.00. The fourth-order valence-electron chi connectivity index (χ4n) is 4.27. The van der Waals surface area contributed by atoms with Crippen LogP contribution in [0.25, 0.3) is 0 Å². The van der Waals surface area contributed by atoms with Gasteiger partial charge in [-0.05, 0) is 63.9 Å². The number of hydrogen-bond acceptors (Lipinski definition) is 7. The average molecular weight is 424 g/mol. The Bertz CT molecular complexity index is 934. The molecule has 1 aromatic carbocycles. The summed E-state index contributed by atoms with van der Waals surface area (Å²) in [5.41, 5.74) is 2.52. The van der Waals surface area contributed by atoms with Crippen molar-refractivity contribution in [2.75, 3.05) is 29.5 Å². The molecule has 2 amide bonds. The number of nitrogens with one attached hydrogen (secondary N) is 1. The van der Waals surface area contributed by atoms with E-state index < -0.39 is 6.04 Å². The van der Waals surface area contributed by atoms with E-state index in [1.165, 1.54) is 4.90 Å². The van der Waals surface area contributed by atoms with Crippen LogP contribution in [0.3, 0.4) is 0 Å². The molecule has 0 saturated carbocycles. The number of aromatic nitrogens is 2. The van der Waals surface area contributed by atoms with Gasteiger partial charge in [0.1, 0.15) is 5.75 Å². The number of anilines is 2. The summed E-state index contributed by atoms with van der Waals surface area (Å²) < 4.78 is 5.44. The molecule has 0 unspecified atom stereocenters. The first-order valence-corrected chi connectivity index (χ1v) is 10.9. The number of ether oxygens (including phenoxy) is 1. The first kappa shape index (κ1) is 21.2. The van der Waals surface area contributed by atoms with Crippen molar-refractivity contribution in [3.63, 3.8) is 0 Å². The van der Waals surface area contributed by atoms with E-state index in [2.05, 4.69) is 20.2 Å². The fourth-order valence-corrected chi connectivity index (χ4v) is 4.27. The van der Waals surface area contributed by atoms with E-state index in [4.69, 9.17) is 4.74 Å². The Morgan fingerprint density at radius 3 is 2.32 bits per heavy atom. The van der Waals surface area contributed by atoms with E-state index in [1.807, 2.05) is 26.8 Å². The SMILES string of the molecule is CCOc1ccc(N2C(=O)C[C@H](NC3CCN(c4nc(C)cc(C)n4)CC3)C2=O)cc1. The molecule has 8 nitrogen and oxygen atoms in total. The zero-order valence-electron chi connectivity index (χ0n) is 18.3.